The monoisotopic (exact) mass is 303 g/mol. The van der Waals surface area contributed by atoms with E-state index in [0.29, 0.717) is 48.4 Å². The topological polar surface area (TPSA) is 95.8 Å². The first-order valence-electron chi connectivity index (χ1n) is 7.04. The van der Waals surface area contributed by atoms with E-state index in [1.54, 1.807) is 24.4 Å². The summed E-state index contributed by atoms with van der Waals surface area (Å²) in [5.41, 5.74) is 0.828. The molecule has 116 valence electrons. The number of hydrogen-bond donors (Lipinski definition) is 2. The number of piperidine rings is 1. The van der Waals surface area contributed by atoms with Gasteiger partial charge in [-0.1, -0.05) is 0 Å². The zero-order valence-corrected chi connectivity index (χ0v) is 12.2. The second-order valence-corrected chi connectivity index (χ2v) is 5.38. The van der Waals surface area contributed by atoms with Gasteiger partial charge in [0, 0.05) is 30.9 Å². The van der Waals surface area contributed by atoms with E-state index >= 15 is 0 Å². The van der Waals surface area contributed by atoms with Crippen molar-refractivity contribution >= 4 is 17.1 Å². The molecule has 2 aromatic heterocycles. The minimum Gasteiger partial charge on any atom is -0.481 e. The van der Waals surface area contributed by atoms with Crippen molar-refractivity contribution in [2.45, 2.75) is 18.4 Å². The summed E-state index contributed by atoms with van der Waals surface area (Å²) >= 11 is 0. The van der Waals surface area contributed by atoms with Gasteiger partial charge in [-0.25, -0.2) is 9.78 Å². The summed E-state index contributed by atoms with van der Waals surface area (Å²) in [6, 6.07) is 5.25. The number of amides is 1. The molecule has 7 nitrogen and oxygen atoms in total. The third-order valence-corrected chi connectivity index (χ3v) is 4.13. The van der Waals surface area contributed by atoms with Gasteiger partial charge in [0.1, 0.15) is 0 Å². The Labute approximate surface area is 127 Å². The third kappa shape index (κ3) is 2.43. The molecule has 0 bridgehead atoms. The van der Waals surface area contributed by atoms with Crippen LogP contribution in [0.4, 0.5) is 4.79 Å². The maximum Gasteiger partial charge on any atom is 0.407 e. The fourth-order valence-electron chi connectivity index (χ4n) is 2.83. The Hall–Kier alpha value is -2.41. The molecule has 0 atom stereocenters. The number of aliphatic hydroxyl groups is 1. The lowest BCUT2D eigenvalue weighted by Crippen LogP contribution is -2.44. The summed E-state index contributed by atoms with van der Waals surface area (Å²) in [6.45, 7) is 0.583. The highest BCUT2D eigenvalue weighted by Crippen LogP contribution is 2.36. The molecular formula is C15H17N3O4. The number of carboxylic acid groups (broad SMARTS) is 1. The maximum atomic E-state index is 11.0. The molecule has 2 N–H and O–H groups in total. The van der Waals surface area contributed by atoms with E-state index in [1.807, 2.05) is 0 Å². The highest BCUT2D eigenvalue weighted by Gasteiger charge is 2.37. The van der Waals surface area contributed by atoms with E-state index in [-0.39, 0.29) is 0 Å². The minimum absolute atomic E-state index is 0.291. The summed E-state index contributed by atoms with van der Waals surface area (Å²) in [5.74, 6) is 0.452. The highest BCUT2D eigenvalue weighted by atomic mass is 16.5. The first-order valence-corrected chi connectivity index (χ1v) is 7.04. The van der Waals surface area contributed by atoms with Gasteiger partial charge in [0.05, 0.1) is 23.7 Å². The Morgan fingerprint density at radius 3 is 2.68 bits per heavy atom. The molecule has 1 aliphatic rings. The van der Waals surface area contributed by atoms with Crippen LogP contribution in [0.3, 0.4) is 0 Å². The Kier molecular flexibility index (Phi) is 3.58. The van der Waals surface area contributed by atoms with Gasteiger partial charge in [-0.15, -0.1) is 0 Å². The van der Waals surface area contributed by atoms with E-state index in [0.717, 1.165) is 0 Å². The Balaban J connectivity index is 2.00. The molecule has 3 rings (SSSR count). The van der Waals surface area contributed by atoms with Crippen molar-refractivity contribution in [3.63, 3.8) is 0 Å². The number of nitrogens with zero attached hydrogens (tertiary/aromatic N) is 3. The molecule has 1 saturated heterocycles. The molecule has 1 fully saturated rings. The molecule has 3 heterocycles. The number of pyridine rings is 2. The SMILES string of the molecule is COc1ccc2nccc(C3(O)CCN(C(=O)O)CC3)c2n1. The average Bonchev–Trinajstić information content (AvgIpc) is 2.54. The van der Waals surface area contributed by atoms with Crippen molar-refractivity contribution in [3.8, 4) is 5.88 Å². The van der Waals surface area contributed by atoms with Crippen LogP contribution in [0, 0.1) is 0 Å². The molecule has 2 aromatic rings. The molecule has 0 aromatic carbocycles. The van der Waals surface area contributed by atoms with Crippen LogP contribution in [0.25, 0.3) is 11.0 Å². The Morgan fingerprint density at radius 1 is 1.32 bits per heavy atom. The molecule has 0 saturated carbocycles. The average molecular weight is 303 g/mol. The first-order chi connectivity index (χ1) is 10.5. The van der Waals surface area contributed by atoms with Gasteiger partial charge >= 0.3 is 6.09 Å². The van der Waals surface area contributed by atoms with Gasteiger partial charge in [0.2, 0.25) is 5.88 Å². The van der Waals surface area contributed by atoms with Gasteiger partial charge in [0.15, 0.2) is 0 Å². The van der Waals surface area contributed by atoms with E-state index in [1.165, 1.54) is 12.0 Å². The van der Waals surface area contributed by atoms with Gasteiger partial charge in [0.25, 0.3) is 0 Å². The van der Waals surface area contributed by atoms with E-state index in [9.17, 15) is 9.90 Å². The number of ether oxygens (including phenoxy) is 1. The summed E-state index contributed by atoms with van der Waals surface area (Å²) in [6.07, 6.45) is 1.34. The highest BCUT2D eigenvalue weighted by molar-refractivity contribution is 5.79. The Morgan fingerprint density at radius 2 is 2.05 bits per heavy atom. The van der Waals surface area contributed by atoms with Crippen molar-refractivity contribution in [1.82, 2.24) is 14.9 Å². The quantitative estimate of drug-likeness (QED) is 0.875. The molecule has 0 unspecified atom stereocenters. The van der Waals surface area contributed by atoms with Gasteiger partial charge < -0.3 is 19.8 Å². The number of rotatable bonds is 2. The fourth-order valence-corrected chi connectivity index (χ4v) is 2.83. The van der Waals surface area contributed by atoms with Crippen molar-refractivity contribution in [3.05, 3.63) is 30.0 Å². The lowest BCUT2D eigenvalue weighted by Gasteiger charge is -2.37. The largest absolute Gasteiger partial charge is 0.481 e. The molecule has 1 aliphatic heterocycles. The normalized spacial score (nSPS) is 17.5. The van der Waals surface area contributed by atoms with Crippen molar-refractivity contribution in [2.24, 2.45) is 0 Å². The van der Waals surface area contributed by atoms with Crippen LogP contribution < -0.4 is 4.74 Å². The lowest BCUT2D eigenvalue weighted by molar-refractivity contribution is -0.0203. The smallest absolute Gasteiger partial charge is 0.407 e. The van der Waals surface area contributed by atoms with Crippen LogP contribution in [0.1, 0.15) is 18.4 Å². The first kappa shape index (κ1) is 14.5. The third-order valence-electron chi connectivity index (χ3n) is 4.13. The van der Waals surface area contributed by atoms with Crippen LogP contribution in [-0.2, 0) is 5.60 Å². The zero-order chi connectivity index (χ0) is 15.7. The molecule has 1 amide bonds. The van der Waals surface area contributed by atoms with E-state index < -0.39 is 11.7 Å². The van der Waals surface area contributed by atoms with Crippen molar-refractivity contribution in [1.29, 1.82) is 0 Å². The molecule has 0 radical (unpaired) electrons. The number of likely N-dealkylation sites (tertiary alicyclic amines) is 1. The summed E-state index contributed by atoms with van der Waals surface area (Å²) in [5, 5.41) is 20.0. The minimum atomic E-state index is -1.10. The van der Waals surface area contributed by atoms with E-state index in [4.69, 9.17) is 9.84 Å². The Bertz CT molecular complexity index is 711. The zero-order valence-electron chi connectivity index (χ0n) is 12.2. The summed E-state index contributed by atoms with van der Waals surface area (Å²) in [4.78, 5) is 21.0. The lowest BCUT2D eigenvalue weighted by atomic mass is 9.84. The van der Waals surface area contributed by atoms with Crippen LogP contribution in [0.15, 0.2) is 24.4 Å². The second-order valence-electron chi connectivity index (χ2n) is 5.38. The van der Waals surface area contributed by atoms with Crippen LogP contribution in [0.2, 0.25) is 0 Å². The molecular weight excluding hydrogens is 286 g/mol. The van der Waals surface area contributed by atoms with E-state index in [2.05, 4.69) is 9.97 Å². The summed E-state index contributed by atoms with van der Waals surface area (Å²) < 4.78 is 5.14. The number of aromatic nitrogens is 2. The van der Waals surface area contributed by atoms with Gasteiger partial charge in [-0.2, -0.15) is 0 Å². The van der Waals surface area contributed by atoms with Crippen LogP contribution in [0.5, 0.6) is 5.88 Å². The predicted octanol–water partition coefficient (Wildman–Crippen LogP) is 1.60. The number of hydrogen-bond acceptors (Lipinski definition) is 5. The number of fused-ring (bicyclic) bond motifs is 1. The predicted molar refractivity (Wildman–Crippen MR) is 78.8 cm³/mol. The van der Waals surface area contributed by atoms with Crippen LogP contribution in [-0.4, -0.2) is 51.4 Å². The molecule has 7 heteroatoms. The number of carbonyl (C=O) groups is 1. The maximum absolute atomic E-state index is 11.0. The summed E-state index contributed by atoms with van der Waals surface area (Å²) in [7, 11) is 1.53. The fraction of sp³-hybridized carbons (Fsp3) is 0.400. The second kappa shape index (κ2) is 5.42. The van der Waals surface area contributed by atoms with Gasteiger partial charge in [-0.3, -0.25) is 4.98 Å². The van der Waals surface area contributed by atoms with Crippen molar-refractivity contribution in [2.75, 3.05) is 20.2 Å². The number of methoxy groups -OCH3 is 1. The van der Waals surface area contributed by atoms with Crippen molar-refractivity contribution < 1.29 is 19.7 Å². The molecule has 22 heavy (non-hydrogen) atoms. The molecule has 0 aliphatic carbocycles. The standard InChI is InChI=1S/C15H17N3O4/c1-22-12-3-2-11-13(17-12)10(4-7-16-11)15(21)5-8-18(9-6-15)14(19)20/h2-4,7,21H,5-6,8-9H2,1H3,(H,19,20). The van der Waals surface area contributed by atoms with Gasteiger partial charge in [-0.05, 0) is 25.0 Å². The van der Waals surface area contributed by atoms with Crippen LogP contribution >= 0.6 is 0 Å². The molecule has 0 spiro atoms.